The Kier molecular flexibility index (Phi) is 2.46. The van der Waals surface area contributed by atoms with Crippen LogP contribution in [0, 0.1) is 0 Å². The molecule has 1 fully saturated rings. The van der Waals surface area contributed by atoms with Crippen molar-refractivity contribution in [1.82, 2.24) is 0 Å². The van der Waals surface area contributed by atoms with Crippen LogP contribution in [0.4, 0.5) is 4.39 Å². The number of rotatable bonds is 2. The molecule has 0 amide bonds. The van der Waals surface area contributed by atoms with Crippen LogP contribution in [0.15, 0.2) is 0 Å². The molecule has 2 atom stereocenters. The van der Waals surface area contributed by atoms with Crippen molar-refractivity contribution in [3.05, 3.63) is 0 Å². The van der Waals surface area contributed by atoms with Crippen LogP contribution in [0.3, 0.4) is 0 Å². The fourth-order valence-electron chi connectivity index (χ4n) is 1.19. The fourth-order valence-corrected chi connectivity index (χ4v) is 1.19. The lowest BCUT2D eigenvalue weighted by atomic mass is 10.2. The normalized spacial score (nSPS) is 35.3. The Morgan fingerprint density at radius 1 is 1.44 bits per heavy atom. The average Bonchev–Trinajstić information content (AvgIpc) is 2.34. The molecule has 1 aliphatic heterocycles. The summed E-state index contributed by atoms with van der Waals surface area (Å²) < 4.78 is 17.2. The first kappa shape index (κ1) is 7.00. The first-order valence-electron chi connectivity index (χ1n) is 3.58. The standard InChI is InChI=1S/C7H13FO/c1-2-6-3-4-7(5-8)9-6/h6-7H,2-5H2,1H3/t6-,7+/m0/s1. The van der Waals surface area contributed by atoms with Crippen molar-refractivity contribution in [1.29, 1.82) is 0 Å². The van der Waals surface area contributed by atoms with E-state index < -0.39 is 0 Å². The molecule has 1 aliphatic rings. The zero-order chi connectivity index (χ0) is 6.69. The van der Waals surface area contributed by atoms with E-state index in [0.29, 0.717) is 6.10 Å². The molecule has 0 saturated carbocycles. The Morgan fingerprint density at radius 2 is 2.11 bits per heavy atom. The van der Waals surface area contributed by atoms with Gasteiger partial charge in [-0.3, -0.25) is 0 Å². The molecule has 9 heavy (non-hydrogen) atoms. The summed E-state index contributed by atoms with van der Waals surface area (Å²) in [6.45, 7) is 1.77. The second-order valence-corrected chi connectivity index (χ2v) is 2.52. The van der Waals surface area contributed by atoms with E-state index in [1.807, 2.05) is 0 Å². The third-order valence-electron chi connectivity index (χ3n) is 1.82. The van der Waals surface area contributed by atoms with Crippen molar-refractivity contribution in [3.63, 3.8) is 0 Å². The van der Waals surface area contributed by atoms with E-state index in [1.54, 1.807) is 0 Å². The molecule has 1 nitrogen and oxygen atoms in total. The van der Waals surface area contributed by atoms with Crippen molar-refractivity contribution < 1.29 is 9.13 Å². The van der Waals surface area contributed by atoms with Gasteiger partial charge in [0.15, 0.2) is 0 Å². The molecular weight excluding hydrogens is 119 g/mol. The minimum Gasteiger partial charge on any atom is -0.372 e. The van der Waals surface area contributed by atoms with Crippen LogP contribution >= 0.6 is 0 Å². The SMILES string of the molecule is CC[C@H]1CC[C@H](CF)O1. The molecule has 1 saturated heterocycles. The first-order chi connectivity index (χ1) is 4.36. The first-order valence-corrected chi connectivity index (χ1v) is 3.58. The number of hydrogen-bond donors (Lipinski definition) is 0. The second kappa shape index (κ2) is 3.16. The zero-order valence-electron chi connectivity index (χ0n) is 5.77. The quantitative estimate of drug-likeness (QED) is 0.557. The highest BCUT2D eigenvalue weighted by Gasteiger charge is 2.22. The molecular formula is C7H13FO. The Bertz CT molecular complexity index is 75.0. The van der Waals surface area contributed by atoms with E-state index >= 15 is 0 Å². The van der Waals surface area contributed by atoms with E-state index in [2.05, 4.69) is 6.92 Å². The summed E-state index contributed by atoms with van der Waals surface area (Å²) in [6, 6.07) is 0. The van der Waals surface area contributed by atoms with Crippen LogP contribution in [0.2, 0.25) is 0 Å². The van der Waals surface area contributed by atoms with Crippen molar-refractivity contribution >= 4 is 0 Å². The number of ether oxygens (including phenoxy) is 1. The second-order valence-electron chi connectivity index (χ2n) is 2.52. The summed E-state index contributed by atoms with van der Waals surface area (Å²) in [6.07, 6.45) is 3.23. The van der Waals surface area contributed by atoms with Gasteiger partial charge in [0.25, 0.3) is 0 Å². The molecule has 1 heterocycles. The maximum absolute atomic E-state index is 11.9. The van der Waals surface area contributed by atoms with Crippen LogP contribution in [-0.2, 0) is 4.74 Å². The van der Waals surface area contributed by atoms with Gasteiger partial charge in [-0.05, 0) is 19.3 Å². The fraction of sp³-hybridized carbons (Fsp3) is 1.00. The van der Waals surface area contributed by atoms with Gasteiger partial charge in [-0.15, -0.1) is 0 Å². The van der Waals surface area contributed by atoms with Crippen molar-refractivity contribution in [2.75, 3.05) is 6.67 Å². The monoisotopic (exact) mass is 132 g/mol. The topological polar surface area (TPSA) is 9.23 Å². The van der Waals surface area contributed by atoms with Gasteiger partial charge in [0.1, 0.15) is 6.67 Å². The Morgan fingerprint density at radius 3 is 2.44 bits per heavy atom. The Hall–Kier alpha value is -0.110. The highest BCUT2D eigenvalue weighted by Crippen LogP contribution is 2.21. The molecule has 54 valence electrons. The molecule has 0 aliphatic carbocycles. The van der Waals surface area contributed by atoms with Gasteiger partial charge in [0, 0.05) is 0 Å². The summed E-state index contributed by atoms with van der Waals surface area (Å²) in [4.78, 5) is 0. The highest BCUT2D eigenvalue weighted by atomic mass is 19.1. The summed E-state index contributed by atoms with van der Waals surface area (Å²) in [5.41, 5.74) is 0. The van der Waals surface area contributed by atoms with Crippen LogP contribution in [0.1, 0.15) is 26.2 Å². The van der Waals surface area contributed by atoms with E-state index in [9.17, 15) is 4.39 Å². The number of alkyl halides is 1. The van der Waals surface area contributed by atoms with E-state index in [0.717, 1.165) is 19.3 Å². The van der Waals surface area contributed by atoms with Crippen molar-refractivity contribution in [2.45, 2.75) is 38.4 Å². The highest BCUT2D eigenvalue weighted by molar-refractivity contribution is 4.71. The van der Waals surface area contributed by atoms with Gasteiger partial charge >= 0.3 is 0 Å². The van der Waals surface area contributed by atoms with Gasteiger partial charge < -0.3 is 4.74 Å². The van der Waals surface area contributed by atoms with Gasteiger partial charge in [-0.2, -0.15) is 0 Å². The average molecular weight is 132 g/mol. The Labute approximate surface area is 55.2 Å². The third-order valence-corrected chi connectivity index (χ3v) is 1.82. The number of hydrogen-bond acceptors (Lipinski definition) is 1. The van der Waals surface area contributed by atoms with Crippen molar-refractivity contribution in [3.8, 4) is 0 Å². The molecule has 0 spiro atoms. The molecule has 0 aromatic heterocycles. The molecule has 0 unspecified atom stereocenters. The van der Waals surface area contributed by atoms with Gasteiger partial charge in [-0.25, -0.2) is 4.39 Å². The van der Waals surface area contributed by atoms with Gasteiger partial charge in [0.2, 0.25) is 0 Å². The molecule has 2 heteroatoms. The Balaban J connectivity index is 2.20. The van der Waals surface area contributed by atoms with Gasteiger partial charge in [-0.1, -0.05) is 6.92 Å². The largest absolute Gasteiger partial charge is 0.372 e. The third kappa shape index (κ3) is 1.65. The van der Waals surface area contributed by atoms with E-state index in [1.165, 1.54) is 0 Å². The molecule has 0 radical (unpaired) electrons. The zero-order valence-corrected chi connectivity index (χ0v) is 5.77. The summed E-state index contributed by atoms with van der Waals surface area (Å²) >= 11 is 0. The lowest BCUT2D eigenvalue weighted by molar-refractivity contribution is 0.0297. The van der Waals surface area contributed by atoms with Crippen LogP contribution < -0.4 is 0 Å². The maximum Gasteiger partial charge on any atom is 0.116 e. The summed E-state index contributed by atoms with van der Waals surface area (Å²) in [5.74, 6) is 0. The molecule has 0 N–H and O–H groups in total. The lowest BCUT2D eigenvalue weighted by Crippen LogP contribution is -2.11. The van der Waals surface area contributed by atoms with Crippen LogP contribution in [0.5, 0.6) is 0 Å². The van der Waals surface area contributed by atoms with Crippen molar-refractivity contribution in [2.24, 2.45) is 0 Å². The molecule has 1 rings (SSSR count). The molecule has 0 aromatic rings. The minimum atomic E-state index is -0.309. The van der Waals surface area contributed by atoms with Crippen LogP contribution in [-0.4, -0.2) is 18.9 Å². The maximum atomic E-state index is 11.9. The predicted octanol–water partition coefficient (Wildman–Crippen LogP) is 1.91. The van der Waals surface area contributed by atoms with Gasteiger partial charge in [0.05, 0.1) is 12.2 Å². The van der Waals surface area contributed by atoms with Crippen LogP contribution in [0.25, 0.3) is 0 Å². The lowest BCUT2D eigenvalue weighted by Gasteiger charge is -2.07. The smallest absolute Gasteiger partial charge is 0.116 e. The molecule has 0 aromatic carbocycles. The minimum absolute atomic E-state index is 0.0880. The van der Waals surface area contributed by atoms with E-state index in [4.69, 9.17) is 4.74 Å². The summed E-state index contributed by atoms with van der Waals surface area (Å²) in [7, 11) is 0. The predicted molar refractivity (Wildman–Crippen MR) is 34.2 cm³/mol. The van der Waals surface area contributed by atoms with E-state index in [-0.39, 0.29) is 12.8 Å². The number of halogens is 1. The molecule has 0 bridgehead atoms. The summed E-state index contributed by atoms with van der Waals surface area (Å²) in [5, 5.41) is 0.